The van der Waals surface area contributed by atoms with Gasteiger partial charge in [0.1, 0.15) is 17.4 Å². The van der Waals surface area contributed by atoms with Crippen LogP contribution in [-0.2, 0) is 11.2 Å². The molecule has 7 nitrogen and oxygen atoms in total. The van der Waals surface area contributed by atoms with E-state index in [2.05, 4.69) is 20.6 Å². The van der Waals surface area contributed by atoms with E-state index >= 15 is 0 Å². The monoisotopic (exact) mass is 407 g/mol. The maximum Gasteiger partial charge on any atom is 0.278 e. The van der Waals surface area contributed by atoms with Crippen LogP contribution in [0.4, 0.5) is 4.39 Å². The SMILES string of the molecule is CC(C)[C@H](C(=O)NCCc1c[nH]c2ccc(F)cc12)n1nnc2ccccc2c1=O. The van der Waals surface area contributed by atoms with Gasteiger partial charge >= 0.3 is 0 Å². The molecular formula is C22H22FN5O2. The molecule has 154 valence electrons. The number of halogens is 1. The maximum absolute atomic E-state index is 13.5. The number of benzene rings is 2. The molecule has 0 spiro atoms. The average Bonchev–Trinajstić information content (AvgIpc) is 3.12. The molecule has 8 heteroatoms. The first-order valence-corrected chi connectivity index (χ1v) is 9.83. The summed E-state index contributed by atoms with van der Waals surface area (Å²) in [6.07, 6.45) is 2.34. The molecule has 0 bridgehead atoms. The first-order chi connectivity index (χ1) is 14.5. The molecule has 30 heavy (non-hydrogen) atoms. The van der Waals surface area contributed by atoms with E-state index in [0.717, 1.165) is 21.1 Å². The Bertz CT molecular complexity index is 1280. The number of hydrogen-bond donors (Lipinski definition) is 2. The van der Waals surface area contributed by atoms with Gasteiger partial charge in [-0.15, -0.1) is 5.10 Å². The number of carbonyl (C=O) groups excluding carboxylic acids is 1. The van der Waals surface area contributed by atoms with E-state index in [0.29, 0.717) is 23.9 Å². The zero-order chi connectivity index (χ0) is 21.3. The fraction of sp³-hybridized carbons (Fsp3) is 0.273. The van der Waals surface area contributed by atoms with Gasteiger partial charge in [-0.05, 0) is 48.2 Å². The lowest BCUT2D eigenvalue weighted by atomic mass is 10.0. The number of hydrogen-bond acceptors (Lipinski definition) is 4. The van der Waals surface area contributed by atoms with Crippen molar-refractivity contribution in [2.45, 2.75) is 26.3 Å². The van der Waals surface area contributed by atoms with Gasteiger partial charge in [0.2, 0.25) is 5.91 Å². The van der Waals surface area contributed by atoms with Gasteiger partial charge in [-0.1, -0.05) is 31.2 Å². The van der Waals surface area contributed by atoms with Crippen molar-refractivity contribution in [3.63, 3.8) is 0 Å². The molecule has 4 aromatic rings. The third-order valence-electron chi connectivity index (χ3n) is 5.18. The Balaban J connectivity index is 1.52. The Hall–Kier alpha value is -3.55. The Morgan fingerprint density at radius 3 is 2.80 bits per heavy atom. The van der Waals surface area contributed by atoms with Crippen LogP contribution < -0.4 is 10.9 Å². The predicted octanol–water partition coefficient (Wildman–Crippen LogP) is 2.97. The van der Waals surface area contributed by atoms with E-state index in [-0.39, 0.29) is 23.2 Å². The highest BCUT2D eigenvalue weighted by Gasteiger charge is 2.27. The van der Waals surface area contributed by atoms with Crippen LogP contribution in [0, 0.1) is 11.7 Å². The first-order valence-electron chi connectivity index (χ1n) is 9.83. The zero-order valence-corrected chi connectivity index (χ0v) is 16.7. The largest absolute Gasteiger partial charge is 0.361 e. The normalized spacial score (nSPS) is 12.5. The van der Waals surface area contributed by atoms with Crippen molar-refractivity contribution in [2.75, 3.05) is 6.54 Å². The molecule has 0 unspecified atom stereocenters. The highest BCUT2D eigenvalue weighted by molar-refractivity contribution is 5.84. The quantitative estimate of drug-likeness (QED) is 0.514. The topological polar surface area (TPSA) is 92.7 Å². The lowest BCUT2D eigenvalue weighted by Gasteiger charge is -2.21. The summed E-state index contributed by atoms with van der Waals surface area (Å²) in [7, 11) is 0. The van der Waals surface area contributed by atoms with Crippen LogP contribution in [-0.4, -0.2) is 32.4 Å². The molecule has 0 aliphatic heterocycles. The third-order valence-corrected chi connectivity index (χ3v) is 5.18. The average molecular weight is 407 g/mol. The van der Waals surface area contributed by atoms with E-state index in [1.54, 1.807) is 30.3 Å². The van der Waals surface area contributed by atoms with Gasteiger partial charge in [0.05, 0.1) is 5.39 Å². The second-order valence-corrected chi connectivity index (χ2v) is 7.59. The zero-order valence-electron chi connectivity index (χ0n) is 16.7. The predicted molar refractivity (Wildman–Crippen MR) is 113 cm³/mol. The summed E-state index contributed by atoms with van der Waals surface area (Å²) < 4.78 is 14.7. The fourth-order valence-electron chi connectivity index (χ4n) is 3.66. The Kier molecular flexibility index (Phi) is 5.31. The Labute approximate surface area is 171 Å². The van der Waals surface area contributed by atoms with Crippen molar-refractivity contribution >= 4 is 27.7 Å². The first kappa shape index (κ1) is 19.8. The van der Waals surface area contributed by atoms with Gasteiger partial charge in [-0.3, -0.25) is 9.59 Å². The number of H-pyrrole nitrogens is 1. The van der Waals surface area contributed by atoms with Crippen molar-refractivity contribution in [2.24, 2.45) is 5.92 Å². The Morgan fingerprint density at radius 2 is 2.00 bits per heavy atom. The number of fused-ring (bicyclic) bond motifs is 2. The summed E-state index contributed by atoms with van der Waals surface area (Å²) in [6, 6.07) is 10.7. The van der Waals surface area contributed by atoms with Crippen LogP contribution in [0.25, 0.3) is 21.8 Å². The van der Waals surface area contributed by atoms with E-state index < -0.39 is 6.04 Å². The molecule has 2 heterocycles. The number of amides is 1. The van der Waals surface area contributed by atoms with Crippen molar-refractivity contribution < 1.29 is 9.18 Å². The minimum Gasteiger partial charge on any atom is -0.361 e. The molecule has 0 fully saturated rings. The molecule has 0 aliphatic rings. The lowest BCUT2D eigenvalue weighted by Crippen LogP contribution is -2.42. The fourth-order valence-corrected chi connectivity index (χ4v) is 3.66. The molecule has 2 N–H and O–H groups in total. The van der Waals surface area contributed by atoms with Crippen molar-refractivity contribution in [1.82, 2.24) is 25.3 Å². The molecule has 0 saturated carbocycles. The second-order valence-electron chi connectivity index (χ2n) is 7.59. The maximum atomic E-state index is 13.5. The van der Waals surface area contributed by atoms with Gasteiger partial charge in [0.15, 0.2) is 0 Å². The smallest absolute Gasteiger partial charge is 0.278 e. The second kappa shape index (κ2) is 8.06. The molecular weight excluding hydrogens is 385 g/mol. The summed E-state index contributed by atoms with van der Waals surface area (Å²) in [4.78, 5) is 28.9. The summed E-state index contributed by atoms with van der Waals surface area (Å²) in [6.45, 7) is 4.06. The van der Waals surface area contributed by atoms with Crippen LogP contribution in [0.5, 0.6) is 0 Å². The van der Waals surface area contributed by atoms with E-state index in [1.807, 2.05) is 20.0 Å². The molecule has 2 aromatic heterocycles. The molecule has 0 saturated heterocycles. The number of nitrogens with one attached hydrogen (secondary N) is 2. The number of nitrogens with zero attached hydrogens (tertiary/aromatic N) is 3. The highest BCUT2D eigenvalue weighted by atomic mass is 19.1. The van der Waals surface area contributed by atoms with Crippen LogP contribution in [0.1, 0.15) is 25.5 Å². The number of rotatable bonds is 6. The third kappa shape index (κ3) is 3.68. The summed E-state index contributed by atoms with van der Waals surface area (Å²) >= 11 is 0. The van der Waals surface area contributed by atoms with Crippen molar-refractivity contribution in [1.29, 1.82) is 0 Å². The van der Waals surface area contributed by atoms with Crippen LogP contribution in [0.2, 0.25) is 0 Å². The molecule has 2 aromatic carbocycles. The number of carbonyl (C=O) groups is 1. The van der Waals surface area contributed by atoms with Gasteiger partial charge in [0.25, 0.3) is 5.56 Å². The minimum absolute atomic E-state index is 0.166. The van der Waals surface area contributed by atoms with Crippen LogP contribution >= 0.6 is 0 Å². The van der Waals surface area contributed by atoms with E-state index in [1.165, 1.54) is 12.1 Å². The summed E-state index contributed by atoms with van der Waals surface area (Å²) in [5.41, 5.74) is 1.90. The summed E-state index contributed by atoms with van der Waals surface area (Å²) in [5, 5.41) is 12.2. The van der Waals surface area contributed by atoms with Gasteiger partial charge < -0.3 is 10.3 Å². The van der Waals surface area contributed by atoms with E-state index in [9.17, 15) is 14.0 Å². The van der Waals surface area contributed by atoms with Crippen molar-refractivity contribution in [3.8, 4) is 0 Å². The van der Waals surface area contributed by atoms with Crippen LogP contribution in [0.3, 0.4) is 0 Å². The number of aromatic amines is 1. The van der Waals surface area contributed by atoms with Gasteiger partial charge in [0, 0.05) is 23.6 Å². The van der Waals surface area contributed by atoms with Crippen molar-refractivity contribution in [3.05, 3.63) is 70.4 Å². The van der Waals surface area contributed by atoms with Crippen LogP contribution in [0.15, 0.2) is 53.5 Å². The molecule has 4 rings (SSSR count). The molecule has 1 amide bonds. The van der Waals surface area contributed by atoms with Gasteiger partial charge in [-0.25, -0.2) is 4.39 Å². The molecule has 0 aliphatic carbocycles. The lowest BCUT2D eigenvalue weighted by molar-refractivity contribution is -0.126. The molecule has 1 atom stereocenters. The summed E-state index contributed by atoms with van der Waals surface area (Å²) in [5.74, 6) is -0.774. The Morgan fingerprint density at radius 1 is 1.20 bits per heavy atom. The highest BCUT2D eigenvalue weighted by Crippen LogP contribution is 2.20. The molecule has 0 radical (unpaired) electrons. The number of aromatic nitrogens is 4. The minimum atomic E-state index is -0.782. The van der Waals surface area contributed by atoms with E-state index in [4.69, 9.17) is 0 Å². The standard InChI is InChI=1S/C22H22FN5O2/c1-13(2)20(28-22(30)16-5-3-4-6-19(16)26-27-28)21(29)24-10-9-14-12-25-18-8-7-15(23)11-17(14)18/h3-8,11-13,20,25H,9-10H2,1-2H3,(H,24,29)/t20-/m1/s1. The van der Waals surface area contributed by atoms with Gasteiger partial charge in [-0.2, -0.15) is 4.68 Å².